The van der Waals surface area contributed by atoms with Crippen LogP contribution in [0.25, 0.3) is 0 Å². The number of likely N-dealkylation sites (N-methyl/N-ethyl adjacent to an activating group) is 1. The smallest absolute Gasteiger partial charge is 0.255 e. The predicted molar refractivity (Wildman–Crippen MR) is 113 cm³/mol. The maximum absolute atomic E-state index is 12.7. The molecule has 0 saturated heterocycles. The van der Waals surface area contributed by atoms with E-state index in [1.165, 1.54) is 5.56 Å². The second kappa shape index (κ2) is 9.85. The van der Waals surface area contributed by atoms with E-state index in [0.29, 0.717) is 12.1 Å². The molecule has 2 heterocycles. The lowest BCUT2D eigenvalue weighted by Gasteiger charge is -2.17. The summed E-state index contributed by atoms with van der Waals surface area (Å²) in [6, 6.07) is 13.6. The van der Waals surface area contributed by atoms with Crippen molar-refractivity contribution in [3.8, 4) is 0 Å². The van der Waals surface area contributed by atoms with Gasteiger partial charge in [0.05, 0.1) is 11.3 Å². The van der Waals surface area contributed by atoms with Gasteiger partial charge in [0, 0.05) is 49.9 Å². The molecular weight excluding hydrogens is 372 g/mol. The van der Waals surface area contributed by atoms with Crippen LogP contribution in [0.3, 0.4) is 0 Å². The second-order valence-electron chi connectivity index (χ2n) is 6.60. The molecule has 0 spiro atoms. The lowest BCUT2D eigenvalue weighted by Crippen LogP contribution is -2.29. The molecule has 3 rings (SSSR count). The van der Waals surface area contributed by atoms with Crippen molar-refractivity contribution in [3.63, 3.8) is 0 Å². The number of hydrogen-bond acceptors (Lipinski definition) is 4. The van der Waals surface area contributed by atoms with E-state index in [-0.39, 0.29) is 5.91 Å². The highest BCUT2D eigenvalue weighted by atomic mass is 35.5. The van der Waals surface area contributed by atoms with Crippen LogP contribution in [0.2, 0.25) is 5.02 Å². The average Bonchev–Trinajstić information content (AvgIpc) is 2.74. The number of benzene rings is 1. The van der Waals surface area contributed by atoms with Gasteiger partial charge >= 0.3 is 0 Å². The monoisotopic (exact) mass is 394 g/mol. The first-order chi connectivity index (χ1) is 13.6. The Balaban J connectivity index is 1.52. The quantitative estimate of drug-likeness (QED) is 0.625. The molecule has 0 aliphatic carbocycles. The summed E-state index contributed by atoms with van der Waals surface area (Å²) >= 11 is 5.91. The molecule has 5 nitrogen and oxygen atoms in total. The minimum absolute atomic E-state index is 0.0390. The summed E-state index contributed by atoms with van der Waals surface area (Å²) in [7, 11) is 1.81. The summed E-state index contributed by atoms with van der Waals surface area (Å²) in [6.07, 6.45) is 8.52. The minimum Gasteiger partial charge on any atom is -0.383 e. The van der Waals surface area contributed by atoms with Crippen LogP contribution in [-0.4, -0.2) is 40.9 Å². The molecule has 1 N–H and O–H groups in total. The molecule has 28 heavy (non-hydrogen) atoms. The normalized spacial score (nSPS) is 10.5. The van der Waals surface area contributed by atoms with Gasteiger partial charge in [-0.15, -0.1) is 0 Å². The molecule has 144 valence electrons. The van der Waals surface area contributed by atoms with E-state index >= 15 is 0 Å². The first-order valence-corrected chi connectivity index (χ1v) is 9.57. The number of carbonyl (C=O) groups is 1. The molecule has 1 aromatic carbocycles. The summed E-state index contributed by atoms with van der Waals surface area (Å²) in [5.41, 5.74) is 3.77. The van der Waals surface area contributed by atoms with Gasteiger partial charge in [0.1, 0.15) is 0 Å². The van der Waals surface area contributed by atoms with Gasteiger partial charge in [-0.3, -0.25) is 14.8 Å². The summed E-state index contributed by atoms with van der Waals surface area (Å²) in [5, 5.41) is 4.06. The van der Waals surface area contributed by atoms with Crippen LogP contribution < -0.4 is 5.32 Å². The predicted octanol–water partition coefficient (Wildman–Crippen LogP) is 4.10. The van der Waals surface area contributed by atoms with Gasteiger partial charge in [-0.1, -0.05) is 23.7 Å². The van der Waals surface area contributed by atoms with E-state index in [1.807, 2.05) is 49.5 Å². The Kier molecular flexibility index (Phi) is 6.98. The molecule has 6 heteroatoms. The Morgan fingerprint density at radius 2 is 1.71 bits per heavy atom. The molecule has 0 aliphatic heterocycles. The summed E-state index contributed by atoms with van der Waals surface area (Å²) in [6.45, 7) is 1.38. The van der Waals surface area contributed by atoms with Gasteiger partial charge in [-0.25, -0.2) is 0 Å². The van der Waals surface area contributed by atoms with Crippen molar-refractivity contribution in [3.05, 3.63) is 89.0 Å². The minimum atomic E-state index is -0.0390. The molecule has 0 unspecified atom stereocenters. The molecule has 0 saturated carbocycles. The van der Waals surface area contributed by atoms with Gasteiger partial charge < -0.3 is 10.2 Å². The summed E-state index contributed by atoms with van der Waals surface area (Å²) in [5.74, 6) is -0.0390. The summed E-state index contributed by atoms with van der Waals surface area (Å²) in [4.78, 5) is 22.6. The number of halogens is 1. The molecular formula is C22H23ClN4O. The van der Waals surface area contributed by atoms with Crippen molar-refractivity contribution in [1.82, 2.24) is 14.9 Å². The Bertz CT molecular complexity index is 900. The maximum atomic E-state index is 12.7. The number of anilines is 1. The third-order valence-corrected chi connectivity index (χ3v) is 4.73. The first-order valence-electron chi connectivity index (χ1n) is 9.19. The van der Waals surface area contributed by atoms with E-state index in [0.717, 1.165) is 35.7 Å². The van der Waals surface area contributed by atoms with E-state index in [9.17, 15) is 4.79 Å². The van der Waals surface area contributed by atoms with Crippen LogP contribution in [0.1, 0.15) is 21.5 Å². The highest BCUT2D eigenvalue weighted by Crippen LogP contribution is 2.13. The maximum Gasteiger partial charge on any atom is 0.255 e. The average molecular weight is 395 g/mol. The highest BCUT2D eigenvalue weighted by molar-refractivity contribution is 6.30. The molecule has 3 aromatic rings. The van der Waals surface area contributed by atoms with Crippen molar-refractivity contribution in [2.45, 2.75) is 12.8 Å². The number of carbonyl (C=O) groups excluding carboxylic acids is 1. The number of nitrogens with zero attached hydrogens (tertiary/aromatic N) is 3. The Morgan fingerprint density at radius 1 is 1.00 bits per heavy atom. The number of aromatic nitrogens is 2. The molecule has 1 amide bonds. The Morgan fingerprint density at radius 3 is 2.46 bits per heavy atom. The molecule has 0 atom stereocenters. The topological polar surface area (TPSA) is 58.1 Å². The fourth-order valence-electron chi connectivity index (χ4n) is 2.82. The molecule has 0 fully saturated rings. The third-order valence-electron chi connectivity index (χ3n) is 4.47. The van der Waals surface area contributed by atoms with Crippen LogP contribution in [0, 0.1) is 0 Å². The lowest BCUT2D eigenvalue weighted by atomic mass is 10.1. The number of amides is 1. The van der Waals surface area contributed by atoms with Gasteiger partial charge in [0.2, 0.25) is 0 Å². The van der Waals surface area contributed by atoms with E-state index in [1.54, 1.807) is 29.7 Å². The summed E-state index contributed by atoms with van der Waals surface area (Å²) < 4.78 is 0. The van der Waals surface area contributed by atoms with Crippen LogP contribution >= 0.6 is 11.6 Å². The van der Waals surface area contributed by atoms with Crippen molar-refractivity contribution >= 4 is 23.2 Å². The SMILES string of the molecule is CN(CCc1ccncc1)C(=O)c1cncc(NCCc2ccc(Cl)cc2)c1. The first kappa shape index (κ1) is 19.8. The fourth-order valence-corrected chi connectivity index (χ4v) is 2.95. The van der Waals surface area contributed by atoms with Gasteiger partial charge in [0.25, 0.3) is 5.91 Å². The zero-order valence-electron chi connectivity index (χ0n) is 15.8. The van der Waals surface area contributed by atoms with E-state index in [2.05, 4.69) is 15.3 Å². The molecule has 0 bridgehead atoms. The zero-order chi connectivity index (χ0) is 19.8. The number of nitrogens with one attached hydrogen (secondary N) is 1. The number of rotatable bonds is 8. The van der Waals surface area contributed by atoms with Gasteiger partial charge in [-0.05, 0) is 54.3 Å². The van der Waals surface area contributed by atoms with Crippen molar-refractivity contribution in [2.24, 2.45) is 0 Å². The zero-order valence-corrected chi connectivity index (χ0v) is 16.6. The lowest BCUT2D eigenvalue weighted by molar-refractivity contribution is 0.0796. The van der Waals surface area contributed by atoms with E-state index in [4.69, 9.17) is 11.6 Å². The molecule has 2 aromatic heterocycles. The highest BCUT2D eigenvalue weighted by Gasteiger charge is 2.12. The van der Waals surface area contributed by atoms with Gasteiger partial charge in [-0.2, -0.15) is 0 Å². The van der Waals surface area contributed by atoms with E-state index < -0.39 is 0 Å². The molecule has 0 radical (unpaired) electrons. The Hall–Kier alpha value is -2.92. The largest absolute Gasteiger partial charge is 0.383 e. The van der Waals surface area contributed by atoms with Crippen molar-refractivity contribution in [1.29, 1.82) is 0 Å². The second-order valence-corrected chi connectivity index (χ2v) is 7.03. The molecule has 0 aliphatic rings. The van der Waals surface area contributed by atoms with Crippen LogP contribution in [-0.2, 0) is 12.8 Å². The van der Waals surface area contributed by atoms with Crippen LogP contribution in [0.5, 0.6) is 0 Å². The Labute approximate surface area is 170 Å². The third kappa shape index (κ3) is 5.79. The van der Waals surface area contributed by atoms with Gasteiger partial charge in [0.15, 0.2) is 0 Å². The van der Waals surface area contributed by atoms with Crippen molar-refractivity contribution < 1.29 is 4.79 Å². The number of hydrogen-bond donors (Lipinski definition) is 1. The van der Waals surface area contributed by atoms with Crippen LogP contribution in [0.4, 0.5) is 5.69 Å². The number of pyridine rings is 2. The fraction of sp³-hybridized carbons (Fsp3) is 0.227. The van der Waals surface area contributed by atoms with Crippen molar-refractivity contribution in [2.75, 3.05) is 25.5 Å². The van der Waals surface area contributed by atoms with Crippen LogP contribution in [0.15, 0.2) is 67.3 Å². The standard InChI is InChI=1S/C22H23ClN4O/c1-27(13-9-18-6-10-24-11-7-18)22(28)19-14-21(16-25-15-19)26-12-8-17-2-4-20(23)5-3-17/h2-7,10-11,14-16,26H,8-9,12-13H2,1H3.